The zero-order valence-electron chi connectivity index (χ0n) is 17.3. The third-order valence-electron chi connectivity index (χ3n) is 5.87. The summed E-state index contributed by atoms with van der Waals surface area (Å²) in [5, 5.41) is 27.9. The van der Waals surface area contributed by atoms with Gasteiger partial charge in [0.15, 0.2) is 0 Å². The van der Waals surface area contributed by atoms with Gasteiger partial charge in [-0.1, -0.05) is 0 Å². The number of aliphatic hydroxyl groups excluding tert-OH is 2. The number of nitrogens with zero attached hydrogens (tertiary/aromatic N) is 3. The number of carbonyl (C=O) groups excluding carboxylic acids is 2. The maximum atomic E-state index is 13.3. The highest BCUT2D eigenvalue weighted by Gasteiger charge is 2.58. The number of carbonyl (C=O) groups is 2. The lowest BCUT2D eigenvalue weighted by Gasteiger charge is -2.40. The van der Waals surface area contributed by atoms with Crippen molar-refractivity contribution in [1.82, 2.24) is 9.80 Å². The predicted octanol–water partition coefficient (Wildman–Crippen LogP) is 0.637. The van der Waals surface area contributed by atoms with Gasteiger partial charge in [0.25, 0.3) is 0 Å². The molecule has 29 heavy (non-hydrogen) atoms. The molecular formula is C20H31N3O6. The van der Waals surface area contributed by atoms with Gasteiger partial charge in [0.05, 0.1) is 31.4 Å². The molecule has 0 spiro atoms. The van der Waals surface area contributed by atoms with Crippen LogP contribution in [-0.4, -0.2) is 87.7 Å². The van der Waals surface area contributed by atoms with Gasteiger partial charge < -0.3 is 24.6 Å². The van der Waals surface area contributed by atoms with E-state index in [-0.39, 0.29) is 30.6 Å². The summed E-state index contributed by atoms with van der Waals surface area (Å²) < 4.78 is 11.3. The molecule has 162 valence electrons. The van der Waals surface area contributed by atoms with Crippen molar-refractivity contribution in [2.75, 3.05) is 19.8 Å². The van der Waals surface area contributed by atoms with Crippen LogP contribution >= 0.6 is 0 Å². The highest BCUT2D eigenvalue weighted by molar-refractivity contribution is 5.88. The zero-order chi connectivity index (χ0) is 21.3. The Kier molecular flexibility index (Phi) is 6.36. The van der Waals surface area contributed by atoms with Crippen molar-refractivity contribution in [3.8, 4) is 6.07 Å². The van der Waals surface area contributed by atoms with Crippen LogP contribution in [0.3, 0.4) is 0 Å². The molecular weight excluding hydrogens is 378 g/mol. The normalized spacial score (nSPS) is 32.3. The Hall–Kier alpha value is -1.89. The number of ether oxygens (including phenoxy) is 2. The Morgan fingerprint density at radius 2 is 2.03 bits per heavy atom. The van der Waals surface area contributed by atoms with Crippen LogP contribution in [0.5, 0.6) is 0 Å². The molecule has 6 atom stereocenters. The fraction of sp³-hybridized carbons (Fsp3) is 0.850. The Balaban J connectivity index is 1.80. The maximum Gasteiger partial charge on any atom is 0.411 e. The number of likely N-dealkylation sites (tertiary alicyclic amines) is 2. The van der Waals surface area contributed by atoms with Crippen LogP contribution in [0.4, 0.5) is 4.79 Å². The van der Waals surface area contributed by atoms with Gasteiger partial charge in [-0.05, 0) is 52.4 Å². The van der Waals surface area contributed by atoms with E-state index in [1.54, 1.807) is 25.7 Å². The second-order valence-electron chi connectivity index (χ2n) is 9.16. The smallest absolute Gasteiger partial charge is 0.411 e. The number of piperidine rings is 1. The molecule has 9 heteroatoms. The van der Waals surface area contributed by atoms with Crippen LogP contribution < -0.4 is 0 Å². The van der Waals surface area contributed by atoms with E-state index >= 15 is 0 Å². The summed E-state index contributed by atoms with van der Waals surface area (Å²) >= 11 is 0. The molecule has 0 aromatic carbocycles. The maximum absolute atomic E-state index is 13.3. The standard InChI is InChI=1S/C20H31N3O6/c1-20(2,3)29-19(27)23-15-7-12(8-16(15)28-11-14(25)10-24)17(23)18(26)22-6-4-5-13(22)9-21/h12-17,24-25H,4-8,10-11H2,1-3H3/t12-,13-,14+,15+,16+,17-/m0/s1. The molecule has 2 bridgehead atoms. The Morgan fingerprint density at radius 1 is 1.31 bits per heavy atom. The molecule has 2 saturated heterocycles. The Labute approximate surface area is 171 Å². The lowest BCUT2D eigenvalue weighted by molar-refractivity contribution is -0.141. The van der Waals surface area contributed by atoms with Crippen molar-refractivity contribution in [2.24, 2.45) is 5.92 Å². The largest absolute Gasteiger partial charge is 0.444 e. The molecule has 2 N–H and O–H groups in total. The molecule has 9 nitrogen and oxygen atoms in total. The molecule has 1 saturated carbocycles. The Morgan fingerprint density at radius 3 is 2.66 bits per heavy atom. The van der Waals surface area contributed by atoms with Crippen LogP contribution in [0.15, 0.2) is 0 Å². The fourth-order valence-corrected chi connectivity index (χ4v) is 4.68. The Bertz CT molecular complexity index is 672. The quantitative estimate of drug-likeness (QED) is 0.683. The summed E-state index contributed by atoms with van der Waals surface area (Å²) in [4.78, 5) is 29.4. The van der Waals surface area contributed by atoms with Crippen LogP contribution in [0.2, 0.25) is 0 Å². The van der Waals surface area contributed by atoms with Crippen molar-refractivity contribution in [3.63, 3.8) is 0 Å². The highest BCUT2D eigenvalue weighted by atomic mass is 16.6. The van der Waals surface area contributed by atoms with Crippen molar-refractivity contribution >= 4 is 12.0 Å². The van der Waals surface area contributed by atoms with Gasteiger partial charge in [0, 0.05) is 6.54 Å². The third kappa shape index (κ3) is 4.49. The molecule has 1 aliphatic carbocycles. The van der Waals surface area contributed by atoms with Gasteiger partial charge in [-0.2, -0.15) is 5.26 Å². The van der Waals surface area contributed by atoms with Gasteiger partial charge in [-0.15, -0.1) is 0 Å². The number of rotatable bonds is 5. The topological polar surface area (TPSA) is 123 Å². The van der Waals surface area contributed by atoms with Crippen LogP contribution in [0.25, 0.3) is 0 Å². The van der Waals surface area contributed by atoms with Crippen LogP contribution in [0.1, 0.15) is 46.5 Å². The number of aliphatic hydroxyl groups is 2. The molecule has 2 heterocycles. The van der Waals surface area contributed by atoms with Crippen LogP contribution in [-0.2, 0) is 14.3 Å². The lowest BCUT2D eigenvalue weighted by Crippen LogP contribution is -2.58. The molecule has 2 aliphatic heterocycles. The minimum absolute atomic E-state index is 0.0339. The number of fused-ring (bicyclic) bond motifs is 2. The molecule has 3 aliphatic rings. The molecule has 0 aromatic heterocycles. The van der Waals surface area contributed by atoms with E-state index in [1.807, 2.05) is 0 Å². The first-order valence-electron chi connectivity index (χ1n) is 10.3. The van der Waals surface area contributed by atoms with E-state index in [2.05, 4.69) is 6.07 Å². The first kappa shape index (κ1) is 21.8. The second kappa shape index (κ2) is 8.46. The summed E-state index contributed by atoms with van der Waals surface area (Å²) in [6.07, 6.45) is 0.754. The van der Waals surface area contributed by atoms with Crippen molar-refractivity contribution in [1.29, 1.82) is 5.26 Å². The van der Waals surface area contributed by atoms with E-state index in [0.29, 0.717) is 25.8 Å². The van der Waals surface area contributed by atoms with E-state index in [0.717, 1.165) is 6.42 Å². The minimum Gasteiger partial charge on any atom is -0.444 e. The zero-order valence-corrected chi connectivity index (χ0v) is 17.3. The first-order chi connectivity index (χ1) is 13.7. The number of amides is 2. The van der Waals surface area contributed by atoms with Gasteiger partial charge in [-0.25, -0.2) is 4.79 Å². The van der Waals surface area contributed by atoms with E-state index in [9.17, 15) is 20.0 Å². The molecule has 0 unspecified atom stereocenters. The van der Waals surface area contributed by atoms with Crippen LogP contribution in [0, 0.1) is 17.2 Å². The average Bonchev–Trinajstić information content (AvgIpc) is 3.37. The molecule has 3 fully saturated rings. The molecule has 0 aromatic rings. The third-order valence-corrected chi connectivity index (χ3v) is 5.87. The van der Waals surface area contributed by atoms with Gasteiger partial charge in [0.2, 0.25) is 5.91 Å². The monoisotopic (exact) mass is 409 g/mol. The number of nitriles is 1. The van der Waals surface area contributed by atoms with E-state index in [4.69, 9.17) is 14.6 Å². The average molecular weight is 409 g/mol. The lowest BCUT2D eigenvalue weighted by atomic mass is 9.96. The summed E-state index contributed by atoms with van der Waals surface area (Å²) in [6.45, 7) is 5.40. The molecule has 3 rings (SSSR count). The van der Waals surface area contributed by atoms with Crippen molar-refractivity contribution in [2.45, 2.75) is 82.4 Å². The molecule has 2 amide bonds. The summed E-state index contributed by atoms with van der Waals surface area (Å²) in [7, 11) is 0. The number of hydrogen-bond donors (Lipinski definition) is 2. The van der Waals surface area contributed by atoms with Gasteiger partial charge in [0.1, 0.15) is 23.8 Å². The first-order valence-corrected chi connectivity index (χ1v) is 10.3. The van der Waals surface area contributed by atoms with Gasteiger partial charge >= 0.3 is 6.09 Å². The predicted molar refractivity (Wildman–Crippen MR) is 102 cm³/mol. The SMILES string of the molecule is CC(C)(C)OC(=O)N1[C@@H]2C[C@@H](C[C@H]2OC[C@H](O)CO)[C@H]1C(=O)N1CCC[C@H]1C#N. The summed E-state index contributed by atoms with van der Waals surface area (Å²) in [6, 6.07) is 0.741. The minimum atomic E-state index is -0.984. The molecule has 0 radical (unpaired) electrons. The summed E-state index contributed by atoms with van der Waals surface area (Å²) in [5.41, 5.74) is -0.710. The van der Waals surface area contributed by atoms with Gasteiger partial charge in [-0.3, -0.25) is 9.69 Å². The second-order valence-corrected chi connectivity index (χ2v) is 9.16. The van der Waals surface area contributed by atoms with E-state index in [1.165, 1.54) is 4.90 Å². The van der Waals surface area contributed by atoms with Crippen molar-refractivity contribution in [3.05, 3.63) is 0 Å². The van der Waals surface area contributed by atoms with Crippen molar-refractivity contribution < 1.29 is 29.3 Å². The van der Waals surface area contributed by atoms with E-state index < -0.39 is 36.5 Å². The fourth-order valence-electron chi connectivity index (χ4n) is 4.68. The highest BCUT2D eigenvalue weighted by Crippen LogP contribution is 2.45. The number of hydrogen-bond acceptors (Lipinski definition) is 7. The summed E-state index contributed by atoms with van der Waals surface area (Å²) in [5.74, 6) is -0.280.